The molecule has 0 atom stereocenters. The van der Waals surface area contributed by atoms with Crippen LogP contribution in [0.2, 0.25) is 0 Å². The van der Waals surface area contributed by atoms with Crippen molar-refractivity contribution in [1.82, 2.24) is 9.78 Å². The van der Waals surface area contributed by atoms with E-state index in [-0.39, 0.29) is 0 Å². The van der Waals surface area contributed by atoms with Crippen molar-refractivity contribution in [3.63, 3.8) is 0 Å². The maximum atomic E-state index is 5.73. The largest absolute Gasteiger partial charge is 0.461 e. The number of nitrogens with zero attached hydrogens (tertiary/aromatic N) is 2. The van der Waals surface area contributed by atoms with Crippen molar-refractivity contribution < 1.29 is 4.42 Å². The lowest BCUT2D eigenvalue weighted by atomic mass is 10.1. The van der Waals surface area contributed by atoms with Crippen LogP contribution in [0.1, 0.15) is 11.3 Å². The number of benzene rings is 1. The summed E-state index contributed by atoms with van der Waals surface area (Å²) in [6.07, 6.45) is 3.77. The quantitative estimate of drug-likeness (QED) is 0.766. The number of fused-ring (bicyclic) bond motifs is 1. The first kappa shape index (κ1) is 10.9. The molecule has 0 unspecified atom stereocenters. The van der Waals surface area contributed by atoms with Crippen LogP contribution in [0.15, 0.2) is 41.1 Å². The molecule has 92 valence electrons. The Morgan fingerprint density at radius 3 is 2.94 bits per heavy atom. The molecule has 0 aliphatic rings. The summed E-state index contributed by atoms with van der Waals surface area (Å²) in [5, 5.41) is 8.66. The molecule has 0 saturated heterocycles. The van der Waals surface area contributed by atoms with Gasteiger partial charge in [0, 0.05) is 30.7 Å². The molecule has 18 heavy (non-hydrogen) atoms. The van der Waals surface area contributed by atoms with Crippen LogP contribution in [0.25, 0.3) is 11.0 Å². The average molecular weight is 241 g/mol. The fourth-order valence-electron chi connectivity index (χ4n) is 2.14. The lowest BCUT2D eigenvalue weighted by molar-refractivity contribution is 0.573. The maximum absolute atomic E-state index is 5.73. The third-order valence-corrected chi connectivity index (χ3v) is 3.07. The van der Waals surface area contributed by atoms with Crippen LogP contribution in [0.3, 0.4) is 0 Å². The van der Waals surface area contributed by atoms with Gasteiger partial charge in [0.2, 0.25) is 0 Å². The van der Waals surface area contributed by atoms with E-state index in [1.165, 1.54) is 10.9 Å². The molecule has 0 amide bonds. The van der Waals surface area contributed by atoms with Crippen molar-refractivity contribution in [1.29, 1.82) is 0 Å². The number of para-hydroxylation sites is 1. The standard InChI is InChI=1S/C14H15N3O/c1-10-13(8-15-11-7-16-17(2)9-11)12-5-3-4-6-14(12)18-10/h3-7,9,15H,8H2,1-2H3. The minimum atomic E-state index is 0.745. The zero-order valence-electron chi connectivity index (χ0n) is 10.5. The molecule has 1 N–H and O–H groups in total. The topological polar surface area (TPSA) is 43.0 Å². The third-order valence-electron chi connectivity index (χ3n) is 3.07. The van der Waals surface area contributed by atoms with Gasteiger partial charge in [-0.2, -0.15) is 5.10 Å². The predicted molar refractivity (Wildman–Crippen MR) is 71.5 cm³/mol. The molecule has 0 bridgehead atoms. The fourth-order valence-corrected chi connectivity index (χ4v) is 2.14. The van der Waals surface area contributed by atoms with Crippen molar-refractivity contribution in [3.8, 4) is 0 Å². The van der Waals surface area contributed by atoms with E-state index >= 15 is 0 Å². The Balaban J connectivity index is 1.88. The second-order valence-corrected chi connectivity index (χ2v) is 4.39. The van der Waals surface area contributed by atoms with Crippen LogP contribution in [0, 0.1) is 6.92 Å². The minimum absolute atomic E-state index is 0.745. The Labute approximate surface area is 105 Å². The van der Waals surface area contributed by atoms with Crippen LogP contribution in [-0.2, 0) is 13.6 Å². The van der Waals surface area contributed by atoms with Gasteiger partial charge in [-0.3, -0.25) is 4.68 Å². The van der Waals surface area contributed by atoms with Crippen LogP contribution in [-0.4, -0.2) is 9.78 Å². The van der Waals surface area contributed by atoms with Crippen LogP contribution >= 0.6 is 0 Å². The Morgan fingerprint density at radius 2 is 2.17 bits per heavy atom. The van der Waals surface area contributed by atoms with Crippen molar-refractivity contribution in [3.05, 3.63) is 48.0 Å². The molecule has 0 aliphatic carbocycles. The molecule has 4 nitrogen and oxygen atoms in total. The number of rotatable bonds is 3. The van der Waals surface area contributed by atoms with Gasteiger partial charge in [0.05, 0.1) is 11.9 Å². The summed E-state index contributed by atoms with van der Waals surface area (Å²) in [5.74, 6) is 0.965. The Hall–Kier alpha value is -2.23. The van der Waals surface area contributed by atoms with E-state index in [9.17, 15) is 0 Å². The van der Waals surface area contributed by atoms with Crippen LogP contribution in [0.5, 0.6) is 0 Å². The number of anilines is 1. The van der Waals surface area contributed by atoms with Gasteiger partial charge in [-0.25, -0.2) is 0 Å². The molecule has 3 rings (SSSR count). The monoisotopic (exact) mass is 241 g/mol. The second kappa shape index (κ2) is 4.22. The average Bonchev–Trinajstić information content (AvgIpc) is 2.90. The molecular formula is C14H15N3O. The van der Waals surface area contributed by atoms with Gasteiger partial charge in [0.25, 0.3) is 0 Å². The highest BCUT2D eigenvalue weighted by atomic mass is 16.3. The molecule has 0 saturated carbocycles. The van der Waals surface area contributed by atoms with E-state index in [1.54, 1.807) is 4.68 Å². The summed E-state index contributed by atoms with van der Waals surface area (Å²) in [5.41, 5.74) is 3.16. The van der Waals surface area contributed by atoms with Crippen LogP contribution in [0.4, 0.5) is 5.69 Å². The summed E-state index contributed by atoms with van der Waals surface area (Å²) in [7, 11) is 1.91. The van der Waals surface area contributed by atoms with Crippen LogP contribution < -0.4 is 5.32 Å². The SMILES string of the molecule is Cc1oc2ccccc2c1CNc1cnn(C)c1. The molecular weight excluding hydrogens is 226 g/mol. The van der Waals surface area contributed by atoms with Crippen molar-refractivity contribution in [2.75, 3.05) is 5.32 Å². The zero-order chi connectivity index (χ0) is 12.5. The van der Waals surface area contributed by atoms with Gasteiger partial charge in [0.15, 0.2) is 0 Å². The number of nitrogens with one attached hydrogen (secondary N) is 1. The molecule has 0 aliphatic heterocycles. The highest BCUT2D eigenvalue weighted by Crippen LogP contribution is 2.25. The van der Waals surface area contributed by atoms with E-state index in [1.807, 2.05) is 44.6 Å². The first-order valence-corrected chi connectivity index (χ1v) is 5.93. The zero-order valence-corrected chi connectivity index (χ0v) is 10.5. The molecule has 0 radical (unpaired) electrons. The Kier molecular flexibility index (Phi) is 2.55. The summed E-state index contributed by atoms with van der Waals surface area (Å²) in [4.78, 5) is 0. The van der Waals surface area contributed by atoms with E-state index in [0.29, 0.717) is 0 Å². The van der Waals surface area contributed by atoms with E-state index in [4.69, 9.17) is 4.42 Å². The molecule has 4 heteroatoms. The van der Waals surface area contributed by atoms with E-state index in [2.05, 4.69) is 16.5 Å². The highest BCUT2D eigenvalue weighted by Gasteiger charge is 2.09. The van der Waals surface area contributed by atoms with E-state index < -0.39 is 0 Å². The lowest BCUT2D eigenvalue weighted by Crippen LogP contribution is -1.99. The number of hydrogen-bond donors (Lipinski definition) is 1. The first-order valence-electron chi connectivity index (χ1n) is 5.93. The lowest BCUT2D eigenvalue weighted by Gasteiger charge is -2.02. The summed E-state index contributed by atoms with van der Waals surface area (Å²) in [6, 6.07) is 8.11. The smallest absolute Gasteiger partial charge is 0.134 e. The summed E-state index contributed by atoms with van der Waals surface area (Å²) < 4.78 is 7.51. The number of aryl methyl sites for hydroxylation is 2. The summed E-state index contributed by atoms with van der Waals surface area (Å²) in [6.45, 7) is 2.74. The Bertz CT molecular complexity index is 681. The van der Waals surface area contributed by atoms with Gasteiger partial charge in [-0.05, 0) is 13.0 Å². The Morgan fingerprint density at radius 1 is 1.33 bits per heavy atom. The molecule has 1 aromatic carbocycles. The first-order chi connectivity index (χ1) is 8.74. The van der Waals surface area contributed by atoms with Crippen molar-refractivity contribution in [2.45, 2.75) is 13.5 Å². The fraction of sp³-hybridized carbons (Fsp3) is 0.214. The second-order valence-electron chi connectivity index (χ2n) is 4.39. The van der Waals surface area contributed by atoms with Gasteiger partial charge in [-0.15, -0.1) is 0 Å². The van der Waals surface area contributed by atoms with Gasteiger partial charge in [0.1, 0.15) is 11.3 Å². The molecule has 3 aromatic rings. The van der Waals surface area contributed by atoms with Crippen molar-refractivity contribution >= 4 is 16.7 Å². The molecule has 2 heterocycles. The number of aromatic nitrogens is 2. The normalized spacial score (nSPS) is 11.0. The van der Waals surface area contributed by atoms with Gasteiger partial charge < -0.3 is 9.73 Å². The van der Waals surface area contributed by atoms with Gasteiger partial charge in [-0.1, -0.05) is 18.2 Å². The van der Waals surface area contributed by atoms with E-state index in [0.717, 1.165) is 23.6 Å². The third kappa shape index (κ3) is 1.86. The molecule has 2 aromatic heterocycles. The number of hydrogen-bond acceptors (Lipinski definition) is 3. The summed E-state index contributed by atoms with van der Waals surface area (Å²) >= 11 is 0. The van der Waals surface area contributed by atoms with Crippen molar-refractivity contribution in [2.24, 2.45) is 7.05 Å². The highest BCUT2D eigenvalue weighted by molar-refractivity contribution is 5.82. The predicted octanol–water partition coefficient (Wildman–Crippen LogP) is 3.09. The molecule has 0 fully saturated rings. The molecule has 0 spiro atoms. The number of furan rings is 1. The van der Waals surface area contributed by atoms with Gasteiger partial charge >= 0.3 is 0 Å². The maximum Gasteiger partial charge on any atom is 0.134 e. The minimum Gasteiger partial charge on any atom is -0.461 e.